The molecule has 0 spiro atoms. The molecule has 0 heterocycles. The van der Waals surface area contributed by atoms with Crippen LogP contribution in [0, 0.1) is 13.8 Å². The Bertz CT molecular complexity index is 400. The van der Waals surface area contributed by atoms with Crippen molar-refractivity contribution in [3.05, 3.63) is 28.8 Å². The first-order valence-electron chi connectivity index (χ1n) is 6.43. The van der Waals surface area contributed by atoms with Crippen LogP contribution in [0.1, 0.15) is 30.5 Å². The second-order valence-corrected chi connectivity index (χ2v) is 5.50. The number of benzene rings is 1. The number of aryl methyl sites for hydroxylation is 2. The summed E-state index contributed by atoms with van der Waals surface area (Å²) in [6, 6.07) is 4.29. The summed E-state index contributed by atoms with van der Waals surface area (Å²) in [5.74, 6) is 0.974. The fourth-order valence-electron chi connectivity index (χ4n) is 1.96. The third-order valence-electron chi connectivity index (χ3n) is 3.34. The Morgan fingerprint density at radius 2 is 1.89 bits per heavy atom. The highest BCUT2D eigenvalue weighted by molar-refractivity contribution is 5.42. The first-order valence-corrected chi connectivity index (χ1v) is 6.43. The molecule has 102 valence electrons. The molecule has 0 atom stereocenters. The van der Waals surface area contributed by atoms with Gasteiger partial charge in [0, 0.05) is 24.2 Å². The van der Waals surface area contributed by atoms with Crippen LogP contribution in [0.3, 0.4) is 0 Å². The lowest BCUT2D eigenvalue weighted by Gasteiger charge is -2.25. The predicted molar refractivity (Wildman–Crippen MR) is 77.3 cm³/mol. The minimum atomic E-state index is 0.103. The van der Waals surface area contributed by atoms with Crippen LogP contribution < -0.4 is 15.4 Å². The summed E-state index contributed by atoms with van der Waals surface area (Å²) >= 11 is 0. The maximum absolute atomic E-state index is 5.46. The maximum atomic E-state index is 5.46. The monoisotopic (exact) mass is 250 g/mol. The van der Waals surface area contributed by atoms with E-state index in [0.717, 1.165) is 18.8 Å². The van der Waals surface area contributed by atoms with Crippen molar-refractivity contribution in [1.29, 1.82) is 0 Å². The van der Waals surface area contributed by atoms with E-state index >= 15 is 0 Å². The van der Waals surface area contributed by atoms with Gasteiger partial charge in [0.1, 0.15) is 5.75 Å². The van der Waals surface area contributed by atoms with Gasteiger partial charge in [-0.1, -0.05) is 6.07 Å². The highest BCUT2D eigenvalue weighted by atomic mass is 16.5. The first kappa shape index (κ1) is 15.0. The summed E-state index contributed by atoms with van der Waals surface area (Å²) in [5.41, 5.74) is 3.87. The molecule has 0 aromatic heterocycles. The molecule has 0 unspecified atom stereocenters. The number of hydrogen-bond donors (Lipinski definition) is 2. The van der Waals surface area contributed by atoms with Gasteiger partial charge in [0.05, 0.1) is 7.11 Å². The lowest BCUT2D eigenvalue weighted by atomic mass is 10.0. The molecule has 3 heteroatoms. The van der Waals surface area contributed by atoms with E-state index in [1.54, 1.807) is 7.11 Å². The van der Waals surface area contributed by atoms with Crippen LogP contribution in [0.5, 0.6) is 5.75 Å². The maximum Gasteiger partial charge on any atom is 0.123 e. The third-order valence-corrected chi connectivity index (χ3v) is 3.34. The zero-order chi connectivity index (χ0) is 13.8. The molecule has 0 amide bonds. The molecule has 0 aliphatic rings. The van der Waals surface area contributed by atoms with E-state index in [2.05, 4.69) is 50.5 Å². The smallest absolute Gasteiger partial charge is 0.123 e. The van der Waals surface area contributed by atoms with Gasteiger partial charge in [-0.15, -0.1) is 0 Å². The molecular weight excluding hydrogens is 224 g/mol. The predicted octanol–water partition coefficient (Wildman–Crippen LogP) is 2.40. The molecule has 0 aliphatic heterocycles. The molecular formula is C15H26N2O. The summed E-state index contributed by atoms with van der Waals surface area (Å²) in [5, 5.41) is 6.77. The Balaban J connectivity index is 2.73. The van der Waals surface area contributed by atoms with E-state index in [9.17, 15) is 0 Å². The van der Waals surface area contributed by atoms with Crippen LogP contribution in [0.15, 0.2) is 12.1 Å². The zero-order valence-corrected chi connectivity index (χ0v) is 12.5. The van der Waals surface area contributed by atoms with Crippen molar-refractivity contribution >= 4 is 0 Å². The second-order valence-electron chi connectivity index (χ2n) is 5.50. The standard InChI is InChI=1S/C15H26N2O/c1-11-7-12(2)13(14(8-11)18-6)9-17-10-15(3,4)16-5/h7-8,16-17H,9-10H2,1-6H3. The van der Waals surface area contributed by atoms with Gasteiger partial charge in [-0.25, -0.2) is 0 Å². The SMILES string of the molecule is CNC(C)(C)CNCc1c(C)cc(C)cc1OC. The second kappa shape index (κ2) is 6.21. The van der Waals surface area contributed by atoms with Crippen molar-refractivity contribution in [1.82, 2.24) is 10.6 Å². The van der Waals surface area contributed by atoms with Crippen LogP contribution >= 0.6 is 0 Å². The lowest BCUT2D eigenvalue weighted by Crippen LogP contribution is -2.45. The Morgan fingerprint density at radius 3 is 2.44 bits per heavy atom. The molecule has 3 nitrogen and oxygen atoms in total. The summed E-state index contributed by atoms with van der Waals surface area (Å²) < 4.78 is 5.46. The van der Waals surface area contributed by atoms with Gasteiger partial charge in [-0.05, 0) is 51.9 Å². The average Bonchev–Trinajstić information content (AvgIpc) is 2.31. The van der Waals surface area contributed by atoms with Crippen molar-refractivity contribution in [2.45, 2.75) is 39.8 Å². The molecule has 0 fully saturated rings. The fourth-order valence-corrected chi connectivity index (χ4v) is 1.96. The van der Waals surface area contributed by atoms with Crippen molar-refractivity contribution in [2.75, 3.05) is 20.7 Å². The van der Waals surface area contributed by atoms with E-state index < -0.39 is 0 Å². The van der Waals surface area contributed by atoms with Gasteiger partial charge >= 0.3 is 0 Å². The Morgan fingerprint density at radius 1 is 1.22 bits per heavy atom. The topological polar surface area (TPSA) is 33.3 Å². The van der Waals surface area contributed by atoms with E-state index in [4.69, 9.17) is 4.74 Å². The van der Waals surface area contributed by atoms with Gasteiger partial charge < -0.3 is 15.4 Å². The summed E-state index contributed by atoms with van der Waals surface area (Å²) in [6.45, 7) is 10.3. The molecule has 0 saturated heterocycles. The minimum absolute atomic E-state index is 0.103. The van der Waals surface area contributed by atoms with Crippen molar-refractivity contribution in [3.8, 4) is 5.75 Å². The summed E-state index contributed by atoms with van der Waals surface area (Å²) in [4.78, 5) is 0. The number of rotatable bonds is 6. The molecule has 0 bridgehead atoms. The van der Waals surface area contributed by atoms with E-state index in [-0.39, 0.29) is 5.54 Å². The molecule has 0 aliphatic carbocycles. The molecule has 0 radical (unpaired) electrons. The van der Waals surface area contributed by atoms with Crippen LogP contribution in [-0.4, -0.2) is 26.2 Å². The molecule has 0 saturated carbocycles. The zero-order valence-electron chi connectivity index (χ0n) is 12.5. The molecule has 1 rings (SSSR count). The van der Waals surface area contributed by atoms with Crippen LogP contribution in [-0.2, 0) is 6.54 Å². The molecule has 1 aromatic carbocycles. The molecule has 2 N–H and O–H groups in total. The van der Waals surface area contributed by atoms with Crippen molar-refractivity contribution in [2.24, 2.45) is 0 Å². The van der Waals surface area contributed by atoms with E-state index in [1.807, 2.05) is 7.05 Å². The highest BCUT2D eigenvalue weighted by Gasteiger charge is 2.14. The van der Waals surface area contributed by atoms with E-state index in [1.165, 1.54) is 16.7 Å². The minimum Gasteiger partial charge on any atom is -0.496 e. The summed E-state index contributed by atoms with van der Waals surface area (Å²) in [6.07, 6.45) is 0. The highest BCUT2D eigenvalue weighted by Crippen LogP contribution is 2.24. The largest absolute Gasteiger partial charge is 0.496 e. The van der Waals surface area contributed by atoms with Gasteiger partial charge in [0.2, 0.25) is 0 Å². The lowest BCUT2D eigenvalue weighted by molar-refractivity contribution is 0.384. The first-order chi connectivity index (χ1) is 8.39. The number of nitrogens with one attached hydrogen (secondary N) is 2. The van der Waals surface area contributed by atoms with Gasteiger partial charge in [0.15, 0.2) is 0 Å². The molecule has 1 aromatic rings. The Hall–Kier alpha value is -1.06. The van der Waals surface area contributed by atoms with Crippen LogP contribution in [0.4, 0.5) is 0 Å². The normalized spacial score (nSPS) is 11.7. The number of likely N-dealkylation sites (N-methyl/N-ethyl adjacent to an activating group) is 1. The van der Waals surface area contributed by atoms with Crippen molar-refractivity contribution < 1.29 is 4.74 Å². The van der Waals surface area contributed by atoms with E-state index in [0.29, 0.717) is 0 Å². The number of methoxy groups -OCH3 is 1. The van der Waals surface area contributed by atoms with Gasteiger partial charge in [0.25, 0.3) is 0 Å². The third kappa shape index (κ3) is 4.00. The average molecular weight is 250 g/mol. The fraction of sp³-hybridized carbons (Fsp3) is 0.600. The Kier molecular flexibility index (Phi) is 5.17. The van der Waals surface area contributed by atoms with Gasteiger partial charge in [-0.3, -0.25) is 0 Å². The van der Waals surface area contributed by atoms with Gasteiger partial charge in [-0.2, -0.15) is 0 Å². The quantitative estimate of drug-likeness (QED) is 0.813. The number of ether oxygens (including phenoxy) is 1. The summed E-state index contributed by atoms with van der Waals surface area (Å²) in [7, 11) is 3.72. The van der Waals surface area contributed by atoms with Crippen LogP contribution in [0.25, 0.3) is 0 Å². The van der Waals surface area contributed by atoms with Crippen molar-refractivity contribution in [3.63, 3.8) is 0 Å². The number of hydrogen-bond acceptors (Lipinski definition) is 3. The van der Waals surface area contributed by atoms with Crippen LogP contribution in [0.2, 0.25) is 0 Å². The Labute approximate surface area is 111 Å². The molecule has 18 heavy (non-hydrogen) atoms.